The average Bonchev–Trinajstić information content (AvgIpc) is 2.79. The number of imidazole rings is 1. The number of hydrogen-bond acceptors (Lipinski definition) is 4. The molecule has 1 aromatic carbocycles. The van der Waals surface area contributed by atoms with Crippen LogP contribution in [0.5, 0.6) is 0 Å². The summed E-state index contributed by atoms with van der Waals surface area (Å²) in [6, 6.07) is 4.67. The van der Waals surface area contributed by atoms with Crippen LogP contribution in [-0.2, 0) is 0 Å². The topological polar surface area (TPSA) is 83.8 Å². The molecule has 1 atom stereocenters. The van der Waals surface area contributed by atoms with Crippen molar-refractivity contribution in [2.75, 3.05) is 5.32 Å². The van der Waals surface area contributed by atoms with Crippen molar-refractivity contribution in [3.05, 3.63) is 28.3 Å². The van der Waals surface area contributed by atoms with Crippen molar-refractivity contribution in [3.63, 3.8) is 0 Å². The van der Waals surface area contributed by atoms with Gasteiger partial charge in [-0.25, -0.2) is 4.98 Å². The van der Waals surface area contributed by atoms with Gasteiger partial charge in [0.25, 0.3) is 5.69 Å². The number of benzene rings is 1. The van der Waals surface area contributed by atoms with E-state index in [2.05, 4.69) is 21.2 Å². The van der Waals surface area contributed by atoms with E-state index in [1.807, 2.05) is 6.92 Å². The van der Waals surface area contributed by atoms with Gasteiger partial charge in [0.05, 0.1) is 16.0 Å². The summed E-state index contributed by atoms with van der Waals surface area (Å²) in [5.74, 6) is 3.18. The third kappa shape index (κ3) is 2.83. The van der Waals surface area contributed by atoms with Gasteiger partial charge in [-0.05, 0) is 12.5 Å². The Labute approximate surface area is 110 Å². The monoisotopic (exact) mass is 258 g/mol. The van der Waals surface area contributed by atoms with Crippen LogP contribution in [0.1, 0.15) is 19.8 Å². The number of aromatic nitrogens is 2. The number of terminal acetylenes is 1. The Hall–Kier alpha value is -2.55. The first-order valence-electron chi connectivity index (χ1n) is 5.98. The molecule has 0 bridgehead atoms. The first-order chi connectivity index (χ1) is 9.13. The number of fused-ring (bicyclic) bond motifs is 1. The minimum Gasteiger partial charge on any atom is -0.352 e. The van der Waals surface area contributed by atoms with Gasteiger partial charge in [-0.3, -0.25) is 10.1 Å². The quantitative estimate of drug-likeness (QED) is 0.490. The third-order valence-electron chi connectivity index (χ3n) is 2.87. The fourth-order valence-electron chi connectivity index (χ4n) is 1.81. The van der Waals surface area contributed by atoms with Crippen LogP contribution in [0.4, 0.5) is 11.6 Å². The lowest BCUT2D eigenvalue weighted by atomic mass is 10.2. The van der Waals surface area contributed by atoms with Gasteiger partial charge in [0, 0.05) is 24.6 Å². The molecule has 6 nitrogen and oxygen atoms in total. The maximum atomic E-state index is 10.7. The second-order valence-corrected chi connectivity index (χ2v) is 4.20. The van der Waals surface area contributed by atoms with E-state index in [-0.39, 0.29) is 11.7 Å². The zero-order chi connectivity index (χ0) is 13.8. The van der Waals surface area contributed by atoms with Gasteiger partial charge in [-0.15, -0.1) is 12.3 Å². The van der Waals surface area contributed by atoms with Crippen molar-refractivity contribution in [2.24, 2.45) is 0 Å². The number of non-ortho nitro benzene ring substituents is 1. The van der Waals surface area contributed by atoms with Crippen molar-refractivity contribution in [2.45, 2.75) is 25.8 Å². The first kappa shape index (κ1) is 12.9. The molecule has 2 N–H and O–H groups in total. The molecule has 0 aliphatic heterocycles. The highest BCUT2D eigenvalue weighted by Crippen LogP contribution is 2.21. The van der Waals surface area contributed by atoms with Crippen molar-refractivity contribution < 1.29 is 4.92 Å². The number of rotatable bonds is 5. The number of aromatic amines is 1. The summed E-state index contributed by atoms with van der Waals surface area (Å²) in [5.41, 5.74) is 1.36. The summed E-state index contributed by atoms with van der Waals surface area (Å²) in [7, 11) is 0. The lowest BCUT2D eigenvalue weighted by Gasteiger charge is -2.12. The minimum atomic E-state index is -0.430. The summed E-state index contributed by atoms with van der Waals surface area (Å²) in [4.78, 5) is 17.6. The van der Waals surface area contributed by atoms with Crippen LogP contribution >= 0.6 is 0 Å². The van der Waals surface area contributed by atoms with E-state index < -0.39 is 4.92 Å². The molecule has 0 amide bonds. The van der Waals surface area contributed by atoms with Crippen LogP contribution in [0.25, 0.3) is 11.0 Å². The Kier molecular flexibility index (Phi) is 3.66. The fourth-order valence-corrected chi connectivity index (χ4v) is 1.81. The SMILES string of the molecule is C#CCC(CC)Nc1nc2ccc([N+](=O)[O-])cc2[nH]1. The summed E-state index contributed by atoms with van der Waals surface area (Å²) in [6.45, 7) is 2.03. The number of anilines is 1. The van der Waals surface area contributed by atoms with E-state index in [4.69, 9.17) is 6.42 Å². The van der Waals surface area contributed by atoms with E-state index in [0.717, 1.165) is 6.42 Å². The molecule has 0 saturated heterocycles. The van der Waals surface area contributed by atoms with Gasteiger partial charge in [0.15, 0.2) is 0 Å². The van der Waals surface area contributed by atoms with E-state index in [9.17, 15) is 10.1 Å². The van der Waals surface area contributed by atoms with Crippen molar-refractivity contribution in [1.29, 1.82) is 0 Å². The normalized spacial score (nSPS) is 12.0. The van der Waals surface area contributed by atoms with Gasteiger partial charge >= 0.3 is 0 Å². The summed E-state index contributed by atoms with van der Waals surface area (Å²) in [5, 5.41) is 13.9. The highest BCUT2D eigenvalue weighted by atomic mass is 16.6. The smallest absolute Gasteiger partial charge is 0.271 e. The maximum absolute atomic E-state index is 10.7. The highest BCUT2D eigenvalue weighted by Gasteiger charge is 2.11. The standard InChI is InChI=1S/C13H14N4O2/c1-3-5-9(4-2)14-13-15-11-7-6-10(17(18)19)8-12(11)16-13/h1,6-9H,4-5H2,2H3,(H2,14,15,16). The molecule has 2 aromatic rings. The third-order valence-corrected chi connectivity index (χ3v) is 2.87. The van der Waals surface area contributed by atoms with Crippen molar-refractivity contribution in [3.8, 4) is 12.3 Å². The fraction of sp³-hybridized carbons (Fsp3) is 0.308. The summed E-state index contributed by atoms with van der Waals surface area (Å²) in [6.07, 6.45) is 6.77. The first-order valence-corrected chi connectivity index (χ1v) is 5.98. The minimum absolute atomic E-state index is 0.0402. The van der Waals surface area contributed by atoms with Gasteiger partial charge in [0.1, 0.15) is 0 Å². The van der Waals surface area contributed by atoms with Crippen LogP contribution in [0.2, 0.25) is 0 Å². The molecule has 0 spiro atoms. The predicted octanol–water partition coefficient (Wildman–Crippen LogP) is 2.68. The van der Waals surface area contributed by atoms with E-state index >= 15 is 0 Å². The molecule has 1 aromatic heterocycles. The molecule has 2 rings (SSSR count). The Morgan fingerprint density at radius 3 is 3.05 bits per heavy atom. The second-order valence-electron chi connectivity index (χ2n) is 4.20. The average molecular weight is 258 g/mol. The van der Waals surface area contributed by atoms with Crippen LogP contribution in [0, 0.1) is 22.5 Å². The highest BCUT2D eigenvalue weighted by molar-refractivity contribution is 5.79. The lowest BCUT2D eigenvalue weighted by molar-refractivity contribution is -0.384. The molecule has 0 radical (unpaired) electrons. The summed E-state index contributed by atoms with van der Waals surface area (Å²) >= 11 is 0. The van der Waals surface area contributed by atoms with Crippen LogP contribution in [-0.4, -0.2) is 20.9 Å². The molecule has 19 heavy (non-hydrogen) atoms. The predicted molar refractivity (Wildman–Crippen MR) is 73.9 cm³/mol. The van der Waals surface area contributed by atoms with Gasteiger partial charge < -0.3 is 10.3 Å². The maximum Gasteiger partial charge on any atom is 0.271 e. The van der Waals surface area contributed by atoms with Gasteiger partial charge in [0.2, 0.25) is 5.95 Å². The molecule has 0 aliphatic carbocycles. The van der Waals surface area contributed by atoms with Gasteiger partial charge in [-0.1, -0.05) is 6.92 Å². The largest absolute Gasteiger partial charge is 0.352 e. The zero-order valence-corrected chi connectivity index (χ0v) is 10.5. The Bertz CT molecular complexity index is 642. The number of hydrogen-bond donors (Lipinski definition) is 2. The number of nitrogens with one attached hydrogen (secondary N) is 2. The Morgan fingerprint density at radius 1 is 1.63 bits per heavy atom. The molecular weight excluding hydrogens is 244 g/mol. The summed E-state index contributed by atoms with van der Waals surface area (Å²) < 4.78 is 0. The van der Waals surface area contributed by atoms with Crippen LogP contribution in [0.15, 0.2) is 18.2 Å². The molecular formula is C13H14N4O2. The van der Waals surface area contributed by atoms with E-state index in [1.165, 1.54) is 12.1 Å². The molecule has 0 aliphatic rings. The molecule has 1 heterocycles. The molecule has 1 unspecified atom stereocenters. The van der Waals surface area contributed by atoms with Crippen LogP contribution < -0.4 is 5.32 Å². The molecule has 6 heteroatoms. The number of nitro groups is 1. The van der Waals surface area contributed by atoms with Crippen LogP contribution in [0.3, 0.4) is 0 Å². The molecule has 98 valence electrons. The van der Waals surface area contributed by atoms with Crippen molar-refractivity contribution >= 4 is 22.7 Å². The zero-order valence-electron chi connectivity index (χ0n) is 10.5. The number of nitrogens with zero attached hydrogens (tertiary/aromatic N) is 2. The van der Waals surface area contributed by atoms with Gasteiger partial charge in [-0.2, -0.15) is 0 Å². The van der Waals surface area contributed by atoms with E-state index in [1.54, 1.807) is 6.07 Å². The second kappa shape index (κ2) is 5.40. The molecule has 0 fully saturated rings. The van der Waals surface area contributed by atoms with Crippen molar-refractivity contribution in [1.82, 2.24) is 9.97 Å². The number of H-pyrrole nitrogens is 1. The Morgan fingerprint density at radius 2 is 2.42 bits per heavy atom. The molecule has 0 saturated carbocycles. The number of nitro benzene ring substituents is 1. The Balaban J connectivity index is 2.26. The lowest BCUT2D eigenvalue weighted by Crippen LogP contribution is -2.18. The van der Waals surface area contributed by atoms with E-state index in [0.29, 0.717) is 23.4 Å².